The van der Waals surface area contributed by atoms with Gasteiger partial charge in [-0.25, -0.2) is 9.97 Å². The number of rotatable bonds is 2. The molecule has 3 aromatic carbocycles. The van der Waals surface area contributed by atoms with E-state index in [-0.39, 0.29) is 11.5 Å². The van der Waals surface area contributed by atoms with Crippen LogP contribution >= 0.6 is 0 Å². The number of aromatic nitrogens is 4. The van der Waals surface area contributed by atoms with Gasteiger partial charge in [0.05, 0.1) is 34.8 Å². The van der Waals surface area contributed by atoms with Gasteiger partial charge in [-0.1, -0.05) is 12.1 Å². The zero-order valence-corrected chi connectivity index (χ0v) is 15.8. The topological polar surface area (TPSA) is 75.1 Å². The van der Waals surface area contributed by atoms with Gasteiger partial charge in [-0.3, -0.25) is 8.80 Å². The van der Waals surface area contributed by atoms with Gasteiger partial charge in [0.15, 0.2) is 11.3 Å². The minimum atomic E-state index is 0.228. The van der Waals surface area contributed by atoms with Crippen LogP contribution < -0.4 is 0 Å². The number of phenols is 2. The van der Waals surface area contributed by atoms with Gasteiger partial charge in [0.25, 0.3) is 0 Å². The van der Waals surface area contributed by atoms with Gasteiger partial charge in [0, 0.05) is 11.1 Å². The lowest BCUT2D eigenvalue weighted by Crippen LogP contribution is -1.99. The van der Waals surface area contributed by atoms with Crippen molar-refractivity contribution in [3.8, 4) is 34.0 Å². The van der Waals surface area contributed by atoms with Gasteiger partial charge in [-0.05, 0) is 60.7 Å². The lowest BCUT2D eigenvalue weighted by Gasteiger charge is -2.11. The van der Waals surface area contributed by atoms with Crippen molar-refractivity contribution in [2.75, 3.05) is 0 Å². The summed E-state index contributed by atoms with van der Waals surface area (Å²) in [4.78, 5) is 9.39. The fraction of sp³-hybridized carbons (Fsp3) is 0. The average Bonchev–Trinajstić information content (AvgIpc) is 3.40. The maximum Gasteiger partial charge on any atom is 0.182 e. The molecule has 0 spiro atoms. The molecule has 0 atom stereocenters. The Bertz CT molecular complexity index is 1430. The molecule has 0 bridgehead atoms. The first-order chi connectivity index (χ1) is 14.7. The van der Waals surface area contributed by atoms with Gasteiger partial charge in [0.2, 0.25) is 0 Å². The van der Waals surface area contributed by atoms with E-state index in [1.165, 1.54) is 0 Å². The lowest BCUT2D eigenvalue weighted by molar-refractivity contribution is 0.475. The van der Waals surface area contributed by atoms with Crippen molar-refractivity contribution >= 4 is 22.3 Å². The highest BCUT2D eigenvalue weighted by molar-refractivity contribution is 5.91. The molecule has 0 unspecified atom stereocenters. The number of hydrogen-bond donors (Lipinski definition) is 2. The summed E-state index contributed by atoms with van der Waals surface area (Å²) < 4.78 is 4.20. The smallest absolute Gasteiger partial charge is 0.182 e. The summed E-state index contributed by atoms with van der Waals surface area (Å²) in [6.45, 7) is 0. The zero-order chi connectivity index (χ0) is 20.2. The molecule has 30 heavy (non-hydrogen) atoms. The second-order valence-corrected chi connectivity index (χ2v) is 7.19. The zero-order valence-electron chi connectivity index (χ0n) is 15.8. The third kappa shape index (κ3) is 2.31. The number of aromatic hydroxyl groups is 2. The first-order valence-electron chi connectivity index (χ1n) is 9.55. The van der Waals surface area contributed by atoms with Crippen LogP contribution in [0.15, 0.2) is 85.2 Å². The maximum absolute atomic E-state index is 9.66. The number of hydrogen-bond acceptors (Lipinski definition) is 4. The van der Waals surface area contributed by atoms with Crippen LogP contribution in [0.25, 0.3) is 44.8 Å². The molecule has 3 heterocycles. The van der Waals surface area contributed by atoms with Crippen molar-refractivity contribution in [1.82, 2.24) is 18.8 Å². The number of para-hydroxylation sites is 2. The van der Waals surface area contributed by atoms with Gasteiger partial charge >= 0.3 is 0 Å². The molecule has 6 aromatic rings. The van der Waals surface area contributed by atoms with E-state index in [0.717, 1.165) is 44.8 Å². The molecule has 144 valence electrons. The van der Waals surface area contributed by atoms with Crippen LogP contribution in [0.1, 0.15) is 0 Å². The van der Waals surface area contributed by atoms with E-state index in [0.29, 0.717) is 0 Å². The van der Waals surface area contributed by atoms with Crippen LogP contribution in [-0.4, -0.2) is 29.0 Å². The van der Waals surface area contributed by atoms with Crippen molar-refractivity contribution in [1.29, 1.82) is 0 Å². The lowest BCUT2D eigenvalue weighted by atomic mass is 10.1. The Kier molecular flexibility index (Phi) is 3.37. The van der Waals surface area contributed by atoms with E-state index in [4.69, 9.17) is 9.97 Å². The highest BCUT2D eigenvalue weighted by atomic mass is 16.3. The normalized spacial score (nSPS) is 11.6. The van der Waals surface area contributed by atoms with Gasteiger partial charge in [-0.15, -0.1) is 0 Å². The van der Waals surface area contributed by atoms with Crippen LogP contribution in [0.5, 0.6) is 11.5 Å². The molecule has 0 radical (unpaired) electrons. The Labute approximate surface area is 170 Å². The molecular weight excluding hydrogens is 376 g/mol. The number of benzene rings is 3. The Morgan fingerprint density at radius 1 is 0.533 bits per heavy atom. The van der Waals surface area contributed by atoms with Crippen molar-refractivity contribution in [3.05, 3.63) is 85.2 Å². The predicted molar refractivity (Wildman–Crippen MR) is 116 cm³/mol. The SMILES string of the molecule is Oc1ccc(-c2cnc3c4ncc(-c5ccc(O)cc5)n4c4ccccc4n23)cc1. The van der Waals surface area contributed by atoms with E-state index in [2.05, 4.69) is 20.9 Å². The molecule has 0 aliphatic carbocycles. The van der Waals surface area contributed by atoms with Crippen LogP contribution in [0.3, 0.4) is 0 Å². The molecule has 0 saturated heterocycles. The van der Waals surface area contributed by atoms with Gasteiger partial charge in [0.1, 0.15) is 11.5 Å². The average molecular weight is 392 g/mol. The number of imidazole rings is 2. The number of fused-ring (bicyclic) bond motifs is 6. The second kappa shape index (κ2) is 6.09. The standard InChI is InChI=1S/C24H16N4O2/c29-17-9-5-15(6-10-17)21-13-25-23-24-26-14-22(16-7-11-18(30)12-8-16)28(24)20-4-2-1-3-19(20)27(21)23/h1-14,29-30H. The van der Waals surface area contributed by atoms with Crippen LogP contribution in [-0.2, 0) is 0 Å². The third-order valence-corrected chi connectivity index (χ3v) is 5.41. The molecule has 0 aliphatic rings. The van der Waals surface area contributed by atoms with Crippen LogP contribution in [0, 0.1) is 0 Å². The fourth-order valence-electron chi connectivity index (χ4n) is 4.02. The monoisotopic (exact) mass is 392 g/mol. The van der Waals surface area contributed by atoms with E-state index < -0.39 is 0 Å². The van der Waals surface area contributed by atoms with E-state index in [9.17, 15) is 10.2 Å². The van der Waals surface area contributed by atoms with Crippen LogP contribution in [0.4, 0.5) is 0 Å². The molecule has 0 saturated carbocycles. The summed E-state index contributed by atoms with van der Waals surface area (Å²) in [5.74, 6) is 0.457. The molecule has 6 rings (SSSR count). The number of phenolic OH excluding ortho intramolecular Hbond substituents is 2. The van der Waals surface area contributed by atoms with Crippen LogP contribution in [0.2, 0.25) is 0 Å². The first kappa shape index (κ1) is 16.6. The summed E-state index contributed by atoms with van der Waals surface area (Å²) in [6.07, 6.45) is 3.67. The van der Waals surface area contributed by atoms with E-state index in [1.807, 2.05) is 48.8 Å². The highest BCUT2D eigenvalue weighted by Gasteiger charge is 2.18. The van der Waals surface area contributed by atoms with Crippen molar-refractivity contribution in [2.45, 2.75) is 0 Å². The Balaban J connectivity index is 1.73. The highest BCUT2D eigenvalue weighted by Crippen LogP contribution is 2.32. The van der Waals surface area contributed by atoms with Crippen molar-refractivity contribution < 1.29 is 10.2 Å². The quantitative estimate of drug-likeness (QED) is 0.440. The van der Waals surface area contributed by atoms with Gasteiger partial charge < -0.3 is 10.2 Å². The molecular formula is C24H16N4O2. The Hall–Kier alpha value is -4.32. The Morgan fingerprint density at radius 3 is 1.33 bits per heavy atom. The summed E-state index contributed by atoms with van der Waals surface area (Å²) in [6, 6.07) is 22.4. The third-order valence-electron chi connectivity index (χ3n) is 5.41. The second-order valence-electron chi connectivity index (χ2n) is 7.19. The molecule has 0 fully saturated rings. The largest absolute Gasteiger partial charge is 0.508 e. The van der Waals surface area contributed by atoms with E-state index >= 15 is 0 Å². The molecule has 6 nitrogen and oxygen atoms in total. The minimum absolute atomic E-state index is 0.228. The molecule has 0 aliphatic heterocycles. The predicted octanol–water partition coefficient (Wildman–Crippen LogP) is 4.88. The molecule has 0 amide bonds. The molecule has 6 heteroatoms. The number of nitrogens with zero attached hydrogens (tertiary/aromatic N) is 4. The van der Waals surface area contributed by atoms with Gasteiger partial charge in [-0.2, -0.15) is 0 Å². The summed E-state index contributed by atoms with van der Waals surface area (Å²) in [5.41, 5.74) is 7.27. The van der Waals surface area contributed by atoms with E-state index in [1.54, 1.807) is 24.3 Å². The first-order valence-corrected chi connectivity index (χ1v) is 9.55. The summed E-state index contributed by atoms with van der Waals surface area (Å²) in [5, 5.41) is 19.3. The fourth-order valence-corrected chi connectivity index (χ4v) is 4.02. The minimum Gasteiger partial charge on any atom is -0.508 e. The maximum atomic E-state index is 9.66. The summed E-state index contributed by atoms with van der Waals surface area (Å²) in [7, 11) is 0. The summed E-state index contributed by atoms with van der Waals surface area (Å²) >= 11 is 0. The van der Waals surface area contributed by atoms with Crippen molar-refractivity contribution in [2.24, 2.45) is 0 Å². The molecule has 2 N–H and O–H groups in total. The Morgan fingerprint density at radius 2 is 0.933 bits per heavy atom. The molecule has 3 aromatic heterocycles. The van der Waals surface area contributed by atoms with Crippen molar-refractivity contribution in [3.63, 3.8) is 0 Å².